The largest absolute Gasteiger partial charge is 0.382 e. The molecule has 7 atom stereocenters. The summed E-state index contributed by atoms with van der Waals surface area (Å²) >= 11 is 0. The van der Waals surface area contributed by atoms with E-state index in [1.165, 1.54) is 12.8 Å². The van der Waals surface area contributed by atoms with E-state index in [0.29, 0.717) is 30.8 Å². The summed E-state index contributed by atoms with van der Waals surface area (Å²) < 4.78 is 17.5. The topological polar surface area (TPSA) is 80.8 Å². The van der Waals surface area contributed by atoms with Gasteiger partial charge in [-0.1, -0.05) is 0 Å². The third kappa shape index (κ3) is 4.14. The quantitative estimate of drug-likeness (QED) is 0.741. The van der Waals surface area contributed by atoms with Crippen LogP contribution in [0.15, 0.2) is 12.4 Å². The van der Waals surface area contributed by atoms with Crippen LogP contribution in [0, 0.1) is 5.92 Å². The number of hydrogen-bond donors (Lipinski definition) is 2. The van der Waals surface area contributed by atoms with Crippen molar-refractivity contribution in [3.8, 4) is 0 Å². The monoisotopic (exact) mass is 403 g/mol. The fraction of sp³-hybridized carbons (Fsp3) is 0.810. The molecule has 4 fully saturated rings. The molecule has 8 heteroatoms. The minimum absolute atomic E-state index is 0.129. The predicted molar refractivity (Wildman–Crippen MR) is 108 cm³/mol. The van der Waals surface area contributed by atoms with Crippen LogP contribution in [0.4, 0.5) is 5.82 Å². The molecule has 1 aliphatic carbocycles. The predicted octanol–water partition coefficient (Wildman–Crippen LogP) is 1.58. The molecule has 2 N–H and O–H groups in total. The van der Waals surface area contributed by atoms with Crippen LogP contribution in [0.1, 0.15) is 50.8 Å². The molecule has 1 aromatic heterocycles. The average molecular weight is 404 g/mol. The Morgan fingerprint density at radius 3 is 2.79 bits per heavy atom. The van der Waals surface area contributed by atoms with Crippen LogP contribution in [0.3, 0.4) is 0 Å². The molecule has 3 aliphatic heterocycles. The van der Waals surface area contributed by atoms with E-state index >= 15 is 0 Å². The van der Waals surface area contributed by atoms with E-state index in [1.54, 1.807) is 13.4 Å². The summed E-state index contributed by atoms with van der Waals surface area (Å²) in [5, 5.41) is 0. The van der Waals surface area contributed by atoms with Gasteiger partial charge in [-0.2, -0.15) is 0 Å². The van der Waals surface area contributed by atoms with Crippen molar-refractivity contribution in [2.75, 3.05) is 31.7 Å². The highest BCUT2D eigenvalue weighted by Gasteiger charge is 2.42. The lowest BCUT2D eigenvalue weighted by atomic mass is 9.79. The molecule has 160 valence electrons. The van der Waals surface area contributed by atoms with Crippen LogP contribution in [0.2, 0.25) is 0 Å². The van der Waals surface area contributed by atoms with Crippen molar-refractivity contribution in [3.05, 3.63) is 18.1 Å². The Labute approximate surface area is 172 Å². The normalized spacial score (nSPS) is 37.5. The van der Waals surface area contributed by atoms with Gasteiger partial charge in [0.25, 0.3) is 0 Å². The van der Waals surface area contributed by atoms with Crippen molar-refractivity contribution in [2.24, 2.45) is 5.92 Å². The van der Waals surface area contributed by atoms with Crippen LogP contribution < -0.4 is 15.8 Å². The van der Waals surface area contributed by atoms with Gasteiger partial charge in [0.05, 0.1) is 42.8 Å². The number of fused-ring (bicyclic) bond motifs is 3. The molecule has 3 saturated heterocycles. The molecule has 4 heterocycles. The molecule has 6 unspecified atom stereocenters. The Kier molecular flexibility index (Phi) is 5.71. The maximum absolute atomic E-state index is 6.24. The van der Waals surface area contributed by atoms with Crippen LogP contribution in [-0.4, -0.2) is 67.2 Å². The van der Waals surface area contributed by atoms with E-state index in [0.717, 1.165) is 43.9 Å². The van der Waals surface area contributed by atoms with Gasteiger partial charge in [0.15, 0.2) is 0 Å². The second-order valence-corrected chi connectivity index (χ2v) is 9.04. The first-order valence-electron chi connectivity index (χ1n) is 11.1. The van der Waals surface area contributed by atoms with Gasteiger partial charge in [0.1, 0.15) is 12.1 Å². The number of anilines is 1. The smallest absolute Gasteiger partial charge is 0.132 e. The SMILES string of the molecule is COC[C@H](C)OC1CCC2NNC(c3cc(N4CC5CCC(C4)O5)ncn3)C2C1. The van der Waals surface area contributed by atoms with Crippen LogP contribution >= 0.6 is 0 Å². The summed E-state index contributed by atoms with van der Waals surface area (Å²) in [6, 6.07) is 2.82. The van der Waals surface area contributed by atoms with Gasteiger partial charge in [-0.05, 0) is 39.0 Å². The van der Waals surface area contributed by atoms with E-state index in [1.807, 2.05) is 0 Å². The van der Waals surface area contributed by atoms with Gasteiger partial charge in [-0.25, -0.2) is 15.4 Å². The number of nitrogens with one attached hydrogen (secondary N) is 2. The zero-order chi connectivity index (χ0) is 19.8. The minimum atomic E-state index is 0.129. The Hall–Kier alpha value is -1.32. The molecule has 2 bridgehead atoms. The maximum atomic E-state index is 6.24. The number of rotatable bonds is 6. The fourth-order valence-corrected chi connectivity index (χ4v) is 5.54. The lowest BCUT2D eigenvalue weighted by molar-refractivity contribution is -0.0623. The molecule has 0 radical (unpaired) electrons. The zero-order valence-corrected chi connectivity index (χ0v) is 17.4. The Bertz CT molecular complexity index is 695. The highest BCUT2D eigenvalue weighted by molar-refractivity contribution is 5.41. The third-order valence-corrected chi connectivity index (χ3v) is 6.89. The van der Waals surface area contributed by atoms with E-state index in [2.05, 4.69) is 38.7 Å². The van der Waals surface area contributed by atoms with Gasteiger partial charge < -0.3 is 19.1 Å². The molecule has 1 saturated carbocycles. The van der Waals surface area contributed by atoms with Crippen molar-refractivity contribution in [1.82, 2.24) is 20.8 Å². The number of hydrogen-bond acceptors (Lipinski definition) is 8. The second kappa shape index (κ2) is 8.43. The Morgan fingerprint density at radius 1 is 1.17 bits per heavy atom. The van der Waals surface area contributed by atoms with Gasteiger partial charge in [0.2, 0.25) is 0 Å². The number of nitrogens with zero attached hydrogens (tertiary/aromatic N) is 3. The van der Waals surface area contributed by atoms with Gasteiger partial charge in [0, 0.05) is 38.2 Å². The van der Waals surface area contributed by atoms with Crippen molar-refractivity contribution >= 4 is 5.82 Å². The number of ether oxygens (including phenoxy) is 3. The van der Waals surface area contributed by atoms with Crippen molar-refractivity contribution in [2.45, 2.75) is 75.5 Å². The van der Waals surface area contributed by atoms with Crippen molar-refractivity contribution < 1.29 is 14.2 Å². The summed E-state index contributed by atoms with van der Waals surface area (Å²) in [6.07, 6.45) is 8.40. The molecule has 0 amide bonds. The van der Waals surface area contributed by atoms with Crippen LogP contribution in [0.5, 0.6) is 0 Å². The van der Waals surface area contributed by atoms with E-state index in [4.69, 9.17) is 14.2 Å². The highest BCUT2D eigenvalue weighted by atomic mass is 16.5. The van der Waals surface area contributed by atoms with Crippen LogP contribution in [0.25, 0.3) is 0 Å². The number of morpholine rings is 1. The second-order valence-electron chi connectivity index (χ2n) is 9.04. The van der Waals surface area contributed by atoms with E-state index in [-0.39, 0.29) is 18.2 Å². The first kappa shape index (κ1) is 19.6. The summed E-state index contributed by atoms with van der Waals surface area (Å²) in [4.78, 5) is 11.6. The molecular weight excluding hydrogens is 370 g/mol. The standard InChI is InChI=1S/C21H33N5O3/c1-13(11-27-2)28-14-5-6-18-17(7-14)21(25-24-18)19-8-20(23-12-22-19)26-9-15-3-4-16(10-26)29-15/h8,12-18,21,24-25H,3-7,9-11H2,1-2H3/t13-,14?,15?,16?,17?,18?,21?/m0/s1. The van der Waals surface area contributed by atoms with Crippen molar-refractivity contribution in [3.63, 3.8) is 0 Å². The molecule has 5 rings (SSSR count). The fourth-order valence-electron chi connectivity index (χ4n) is 5.54. The number of hydrazine groups is 1. The lowest BCUT2D eigenvalue weighted by Crippen LogP contribution is -2.43. The molecule has 0 aromatic carbocycles. The van der Waals surface area contributed by atoms with Gasteiger partial charge in [-0.15, -0.1) is 0 Å². The first-order valence-corrected chi connectivity index (χ1v) is 11.1. The molecule has 8 nitrogen and oxygen atoms in total. The summed E-state index contributed by atoms with van der Waals surface area (Å²) in [7, 11) is 1.73. The molecular formula is C21H33N5O3. The lowest BCUT2D eigenvalue weighted by Gasteiger charge is -2.35. The minimum Gasteiger partial charge on any atom is -0.382 e. The first-order chi connectivity index (χ1) is 14.2. The molecule has 29 heavy (non-hydrogen) atoms. The zero-order valence-electron chi connectivity index (χ0n) is 17.4. The van der Waals surface area contributed by atoms with Crippen molar-refractivity contribution in [1.29, 1.82) is 0 Å². The van der Waals surface area contributed by atoms with Gasteiger partial charge >= 0.3 is 0 Å². The van der Waals surface area contributed by atoms with Crippen LogP contribution in [-0.2, 0) is 14.2 Å². The summed E-state index contributed by atoms with van der Waals surface area (Å²) in [5.74, 6) is 1.49. The number of aromatic nitrogens is 2. The Morgan fingerprint density at radius 2 is 2.00 bits per heavy atom. The summed E-state index contributed by atoms with van der Waals surface area (Å²) in [5.41, 5.74) is 8.08. The number of methoxy groups -OCH3 is 1. The maximum Gasteiger partial charge on any atom is 0.132 e. The average Bonchev–Trinajstić information content (AvgIpc) is 3.30. The molecule has 0 spiro atoms. The van der Waals surface area contributed by atoms with E-state index < -0.39 is 0 Å². The van der Waals surface area contributed by atoms with Gasteiger partial charge in [-0.3, -0.25) is 5.43 Å². The third-order valence-electron chi connectivity index (χ3n) is 6.89. The molecule has 1 aromatic rings. The summed E-state index contributed by atoms with van der Waals surface area (Å²) in [6.45, 7) is 4.59. The van der Waals surface area contributed by atoms with E-state index in [9.17, 15) is 0 Å². The highest BCUT2D eigenvalue weighted by Crippen LogP contribution is 2.39. The Balaban J connectivity index is 1.28. The molecule has 4 aliphatic rings.